The van der Waals surface area contributed by atoms with Gasteiger partial charge in [-0.1, -0.05) is 71.7 Å². The Morgan fingerprint density at radius 1 is 0.889 bits per heavy atom. The first-order chi connectivity index (χ1) is 13.0. The minimum Gasteiger partial charge on any atom is -0.555 e. The number of rotatable bonds is 6. The second kappa shape index (κ2) is 8.84. The van der Waals surface area contributed by atoms with Crippen LogP contribution in [0.15, 0.2) is 66.7 Å². The fourth-order valence-corrected chi connectivity index (χ4v) is 3.46. The maximum Gasteiger partial charge on any atom is 0.400 e. The molecular formula is C22H22BCl2NO. The van der Waals surface area contributed by atoms with Crippen molar-refractivity contribution >= 4 is 35.6 Å². The third-order valence-electron chi connectivity index (χ3n) is 4.78. The summed E-state index contributed by atoms with van der Waals surface area (Å²) in [5.74, 6) is 0.687. The molecule has 0 fully saturated rings. The van der Waals surface area contributed by atoms with Crippen molar-refractivity contribution in [3.05, 3.63) is 93.5 Å². The Hall–Kier alpha value is -1.94. The zero-order chi connectivity index (χ0) is 19.4. The molecule has 3 rings (SSSR count). The molecule has 138 valence electrons. The Balaban J connectivity index is 2.04. The van der Waals surface area contributed by atoms with Crippen molar-refractivity contribution in [2.45, 2.75) is 19.7 Å². The van der Waals surface area contributed by atoms with E-state index in [1.807, 2.05) is 68.4 Å². The normalized spacial score (nSPS) is 11.9. The van der Waals surface area contributed by atoms with E-state index >= 15 is 0 Å². The number of hydrogen-bond donors (Lipinski definition) is 1. The molecule has 2 nitrogen and oxygen atoms in total. The summed E-state index contributed by atoms with van der Waals surface area (Å²) in [6.07, 6.45) is 0. The van der Waals surface area contributed by atoms with E-state index in [4.69, 9.17) is 33.6 Å². The number of benzene rings is 3. The number of nitrogens with two attached hydrogens (primary N) is 1. The van der Waals surface area contributed by atoms with Gasteiger partial charge in [-0.25, -0.2) is 0 Å². The molecule has 0 spiro atoms. The number of aryl methyl sites for hydroxylation is 2. The Morgan fingerprint density at radius 3 is 2.11 bits per heavy atom. The van der Waals surface area contributed by atoms with Gasteiger partial charge in [-0.2, -0.15) is 0 Å². The first-order valence-electron chi connectivity index (χ1n) is 8.93. The summed E-state index contributed by atoms with van der Waals surface area (Å²) in [6, 6.07) is 21.9. The van der Waals surface area contributed by atoms with Crippen LogP contribution in [-0.2, 0) is 0 Å². The van der Waals surface area contributed by atoms with Crippen molar-refractivity contribution < 1.29 is 4.65 Å². The molecule has 27 heavy (non-hydrogen) atoms. The number of hydrogen-bond acceptors (Lipinski definition) is 2. The molecule has 1 atom stereocenters. The highest BCUT2D eigenvalue weighted by Crippen LogP contribution is 2.26. The molecule has 3 aromatic rings. The Morgan fingerprint density at radius 2 is 1.52 bits per heavy atom. The largest absolute Gasteiger partial charge is 0.555 e. The predicted molar refractivity (Wildman–Crippen MR) is 117 cm³/mol. The average Bonchev–Trinajstić information content (AvgIpc) is 2.67. The minimum absolute atomic E-state index is 0.0231. The van der Waals surface area contributed by atoms with Gasteiger partial charge in [0.1, 0.15) is 5.75 Å². The minimum atomic E-state index is -0.283. The van der Waals surface area contributed by atoms with E-state index in [0.29, 0.717) is 22.3 Å². The van der Waals surface area contributed by atoms with Crippen LogP contribution in [0.5, 0.6) is 5.75 Å². The smallest absolute Gasteiger partial charge is 0.400 e. The van der Waals surface area contributed by atoms with Crippen LogP contribution in [0.1, 0.15) is 22.5 Å². The zero-order valence-corrected chi connectivity index (χ0v) is 17.0. The molecule has 2 N–H and O–H groups in total. The molecule has 3 aromatic carbocycles. The average molecular weight is 398 g/mol. The summed E-state index contributed by atoms with van der Waals surface area (Å²) in [6.45, 7) is 4.11. The fraction of sp³-hybridized carbons (Fsp3) is 0.182. The summed E-state index contributed by atoms with van der Waals surface area (Å²) in [5, 5.41) is 1.39. The van der Waals surface area contributed by atoms with Gasteiger partial charge in [0, 0.05) is 15.9 Å². The Kier molecular flexibility index (Phi) is 6.48. The maximum absolute atomic E-state index is 6.42. The van der Waals surface area contributed by atoms with E-state index in [9.17, 15) is 0 Å². The van der Waals surface area contributed by atoms with Crippen LogP contribution >= 0.6 is 23.2 Å². The van der Waals surface area contributed by atoms with Crippen LogP contribution in [0.4, 0.5) is 0 Å². The molecule has 0 aliphatic carbocycles. The van der Waals surface area contributed by atoms with Crippen molar-refractivity contribution in [3.63, 3.8) is 0 Å². The van der Waals surface area contributed by atoms with E-state index in [-0.39, 0.29) is 12.7 Å². The van der Waals surface area contributed by atoms with Crippen LogP contribution < -0.4 is 15.9 Å². The molecule has 0 aliphatic heterocycles. The lowest BCUT2D eigenvalue weighted by Gasteiger charge is -2.25. The maximum atomic E-state index is 6.42. The highest BCUT2D eigenvalue weighted by Gasteiger charge is 2.32. The van der Waals surface area contributed by atoms with Crippen molar-refractivity contribution in [2.75, 3.05) is 6.54 Å². The predicted octanol–water partition coefficient (Wildman–Crippen LogP) is 5.17. The molecule has 0 aliphatic rings. The Bertz CT molecular complexity index is 917. The zero-order valence-electron chi connectivity index (χ0n) is 15.5. The van der Waals surface area contributed by atoms with E-state index in [1.54, 1.807) is 0 Å². The topological polar surface area (TPSA) is 35.2 Å². The van der Waals surface area contributed by atoms with Crippen molar-refractivity contribution in [2.24, 2.45) is 5.73 Å². The van der Waals surface area contributed by atoms with Crippen LogP contribution in [0, 0.1) is 13.8 Å². The standard InChI is InChI=1S/C22H22BCl2NO/c1-15-8-10-18(12-21(15)24)23(20(14-26)17-6-4-3-5-7-17)27-19-11-9-16(2)22(25)13-19/h3-13,20H,14,26H2,1-2H3. The van der Waals surface area contributed by atoms with Crippen molar-refractivity contribution in [3.8, 4) is 5.75 Å². The molecule has 0 radical (unpaired) electrons. The third kappa shape index (κ3) is 4.67. The van der Waals surface area contributed by atoms with Crippen LogP contribution in [-0.4, -0.2) is 13.5 Å². The molecule has 5 heteroatoms. The molecule has 0 bridgehead atoms. The Labute approximate surface area is 171 Å². The summed E-state index contributed by atoms with van der Waals surface area (Å²) in [7, 11) is 0. The quantitative estimate of drug-likeness (QED) is 0.582. The summed E-state index contributed by atoms with van der Waals surface area (Å²) < 4.78 is 6.42. The summed E-state index contributed by atoms with van der Waals surface area (Å²) in [4.78, 5) is 0. The van der Waals surface area contributed by atoms with Crippen molar-refractivity contribution in [1.82, 2.24) is 0 Å². The highest BCUT2D eigenvalue weighted by atomic mass is 35.5. The van der Waals surface area contributed by atoms with Gasteiger partial charge < -0.3 is 10.4 Å². The van der Waals surface area contributed by atoms with E-state index in [2.05, 4.69) is 12.1 Å². The lowest BCUT2D eigenvalue weighted by atomic mass is 9.49. The molecule has 0 amide bonds. The lowest BCUT2D eigenvalue weighted by molar-refractivity contribution is 0.560. The molecule has 0 aromatic heterocycles. The van der Waals surface area contributed by atoms with Gasteiger partial charge in [0.2, 0.25) is 0 Å². The van der Waals surface area contributed by atoms with Gasteiger partial charge >= 0.3 is 6.92 Å². The first-order valence-corrected chi connectivity index (χ1v) is 9.69. The SMILES string of the molecule is Cc1ccc(OB(c2ccc(C)c(Cl)c2)C(CN)c2ccccc2)cc1Cl. The van der Waals surface area contributed by atoms with Gasteiger partial charge in [-0.15, -0.1) is 0 Å². The van der Waals surface area contributed by atoms with Gasteiger partial charge in [-0.05, 0) is 60.7 Å². The van der Waals surface area contributed by atoms with Crippen LogP contribution in [0.2, 0.25) is 10.0 Å². The molecular weight excluding hydrogens is 376 g/mol. The second-order valence-corrected chi connectivity index (χ2v) is 7.53. The van der Waals surface area contributed by atoms with Gasteiger partial charge in [-0.3, -0.25) is 0 Å². The monoisotopic (exact) mass is 397 g/mol. The fourth-order valence-electron chi connectivity index (χ4n) is 3.10. The molecule has 0 saturated carbocycles. The second-order valence-electron chi connectivity index (χ2n) is 6.71. The van der Waals surface area contributed by atoms with E-state index < -0.39 is 0 Å². The highest BCUT2D eigenvalue weighted by molar-refractivity contribution is 6.69. The summed E-state index contributed by atoms with van der Waals surface area (Å²) in [5.41, 5.74) is 10.3. The van der Waals surface area contributed by atoms with Gasteiger partial charge in [0.05, 0.1) is 0 Å². The first kappa shape index (κ1) is 19.8. The number of halogens is 2. The lowest BCUT2D eigenvalue weighted by Crippen LogP contribution is -2.45. The summed E-state index contributed by atoms with van der Waals surface area (Å²) >= 11 is 12.7. The molecule has 0 heterocycles. The van der Waals surface area contributed by atoms with Crippen LogP contribution in [0.3, 0.4) is 0 Å². The third-order valence-corrected chi connectivity index (χ3v) is 5.59. The molecule has 0 saturated heterocycles. The van der Waals surface area contributed by atoms with Gasteiger partial charge in [0.15, 0.2) is 0 Å². The molecule has 1 unspecified atom stereocenters. The van der Waals surface area contributed by atoms with Crippen molar-refractivity contribution in [1.29, 1.82) is 0 Å². The van der Waals surface area contributed by atoms with E-state index in [0.717, 1.165) is 22.2 Å². The van der Waals surface area contributed by atoms with Gasteiger partial charge in [0.25, 0.3) is 0 Å². The van der Waals surface area contributed by atoms with E-state index in [1.165, 1.54) is 0 Å². The van der Waals surface area contributed by atoms with Crippen LogP contribution in [0.25, 0.3) is 0 Å².